The molecule has 1 aliphatic rings. The van der Waals surface area contributed by atoms with Gasteiger partial charge in [0.25, 0.3) is 5.91 Å². The van der Waals surface area contributed by atoms with Gasteiger partial charge in [-0.25, -0.2) is 9.37 Å². The highest BCUT2D eigenvalue weighted by Gasteiger charge is 2.17. The Bertz CT molecular complexity index is 445. The smallest absolute Gasteiger partial charge is 0.254 e. The molecule has 0 aliphatic heterocycles. The first-order chi connectivity index (χ1) is 9.18. The highest BCUT2D eigenvalue weighted by Crippen LogP contribution is 2.25. The highest BCUT2D eigenvalue weighted by atomic mass is 19.2. The van der Waals surface area contributed by atoms with E-state index in [0.717, 1.165) is 12.6 Å². The Balaban J connectivity index is 1.82. The maximum atomic E-state index is 13.3. The Hall–Kier alpha value is -1.52. The van der Waals surface area contributed by atoms with Crippen LogP contribution in [0.5, 0.6) is 0 Å². The summed E-state index contributed by atoms with van der Waals surface area (Å²) in [4.78, 5) is 14.9. The van der Waals surface area contributed by atoms with E-state index in [-0.39, 0.29) is 5.56 Å². The van der Waals surface area contributed by atoms with Gasteiger partial charge in [0.05, 0.1) is 5.56 Å². The van der Waals surface area contributed by atoms with E-state index in [1.165, 1.54) is 38.2 Å². The number of nitrogens with zero attached hydrogens (tertiary/aromatic N) is 1. The second-order valence-electron chi connectivity index (χ2n) is 5.01. The summed E-state index contributed by atoms with van der Waals surface area (Å²) in [6.07, 6.45) is 8.20. The minimum Gasteiger partial charge on any atom is -0.352 e. The van der Waals surface area contributed by atoms with Crippen molar-refractivity contribution in [2.75, 3.05) is 6.54 Å². The summed E-state index contributed by atoms with van der Waals surface area (Å²) < 4.78 is 26.2. The standard InChI is InChI=1S/C14H18F2N2O/c15-12-11(7-9-17-13(12)16)14(19)18-8-6-10-4-2-1-3-5-10/h7,9-10H,1-6,8H2,(H,18,19). The maximum Gasteiger partial charge on any atom is 0.254 e. The molecule has 0 bridgehead atoms. The zero-order valence-corrected chi connectivity index (χ0v) is 10.8. The van der Waals surface area contributed by atoms with E-state index in [1.807, 2.05) is 0 Å². The fraction of sp³-hybridized carbons (Fsp3) is 0.571. The van der Waals surface area contributed by atoms with E-state index >= 15 is 0 Å². The number of carbonyl (C=O) groups is 1. The van der Waals surface area contributed by atoms with Crippen molar-refractivity contribution >= 4 is 5.91 Å². The molecule has 0 unspecified atom stereocenters. The molecule has 1 aromatic heterocycles. The van der Waals surface area contributed by atoms with Crippen LogP contribution in [-0.2, 0) is 0 Å². The Labute approximate surface area is 111 Å². The number of halogens is 2. The van der Waals surface area contributed by atoms with Gasteiger partial charge >= 0.3 is 0 Å². The summed E-state index contributed by atoms with van der Waals surface area (Å²) in [5.74, 6) is -2.35. The normalized spacial score (nSPS) is 16.3. The summed E-state index contributed by atoms with van der Waals surface area (Å²) in [6.45, 7) is 0.507. The van der Waals surface area contributed by atoms with Gasteiger partial charge in [-0.15, -0.1) is 0 Å². The van der Waals surface area contributed by atoms with Gasteiger partial charge in [-0.3, -0.25) is 4.79 Å². The van der Waals surface area contributed by atoms with Crippen molar-refractivity contribution in [3.8, 4) is 0 Å². The van der Waals surface area contributed by atoms with Gasteiger partial charge in [-0.2, -0.15) is 4.39 Å². The highest BCUT2D eigenvalue weighted by molar-refractivity contribution is 5.94. The summed E-state index contributed by atoms with van der Waals surface area (Å²) in [5.41, 5.74) is -0.281. The van der Waals surface area contributed by atoms with E-state index in [1.54, 1.807) is 0 Å². The molecule has 19 heavy (non-hydrogen) atoms. The van der Waals surface area contributed by atoms with Gasteiger partial charge in [0.2, 0.25) is 5.95 Å². The average Bonchev–Trinajstić information content (AvgIpc) is 2.43. The molecule has 1 amide bonds. The molecule has 2 rings (SSSR count). The number of amides is 1. The quantitative estimate of drug-likeness (QED) is 0.853. The van der Waals surface area contributed by atoms with E-state index in [4.69, 9.17) is 0 Å². The molecule has 1 aliphatic carbocycles. The van der Waals surface area contributed by atoms with Crippen LogP contribution in [-0.4, -0.2) is 17.4 Å². The van der Waals surface area contributed by atoms with Gasteiger partial charge in [-0.1, -0.05) is 32.1 Å². The topological polar surface area (TPSA) is 42.0 Å². The molecular weight excluding hydrogens is 250 g/mol. The second kappa shape index (κ2) is 6.59. The molecule has 0 aromatic carbocycles. The average molecular weight is 268 g/mol. The number of aromatic nitrogens is 1. The fourth-order valence-corrected chi connectivity index (χ4v) is 2.55. The minimum atomic E-state index is -1.24. The summed E-state index contributed by atoms with van der Waals surface area (Å²) in [7, 11) is 0. The Kier molecular flexibility index (Phi) is 4.82. The van der Waals surface area contributed by atoms with Crippen LogP contribution in [0.2, 0.25) is 0 Å². The zero-order chi connectivity index (χ0) is 13.7. The molecule has 1 saturated carbocycles. The van der Waals surface area contributed by atoms with Crippen molar-refractivity contribution in [1.29, 1.82) is 0 Å². The summed E-state index contributed by atoms with van der Waals surface area (Å²) >= 11 is 0. The lowest BCUT2D eigenvalue weighted by atomic mass is 9.87. The van der Waals surface area contributed by atoms with Crippen LogP contribution in [0.3, 0.4) is 0 Å². The molecule has 3 nitrogen and oxygen atoms in total. The number of rotatable bonds is 4. The lowest BCUT2D eigenvalue weighted by molar-refractivity contribution is 0.0945. The van der Waals surface area contributed by atoms with Crippen molar-refractivity contribution in [3.63, 3.8) is 0 Å². The van der Waals surface area contributed by atoms with Gasteiger partial charge in [0.15, 0.2) is 5.82 Å². The van der Waals surface area contributed by atoms with Crippen LogP contribution in [0.25, 0.3) is 0 Å². The van der Waals surface area contributed by atoms with Crippen LogP contribution in [0, 0.1) is 17.7 Å². The maximum absolute atomic E-state index is 13.3. The summed E-state index contributed by atoms with van der Waals surface area (Å²) in [6, 6.07) is 1.19. The van der Waals surface area contributed by atoms with Crippen molar-refractivity contribution in [2.45, 2.75) is 38.5 Å². The molecule has 0 atom stereocenters. The van der Waals surface area contributed by atoms with Crippen molar-refractivity contribution in [2.24, 2.45) is 5.92 Å². The Morgan fingerprint density at radius 3 is 2.79 bits per heavy atom. The Morgan fingerprint density at radius 2 is 2.05 bits per heavy atom. The number of hydrogen-bond acceptors (Lipinski definition) is 2. The third kappa shape index (κ3) is 3.72. The molecule has 1 fully saturated rings. The minimum absolute atomic E-state index is 0.281. The van der Waals surface area contributed by atoms with Crippen molar-refractivity contribution in [1.82, 2.24) is 10.3 Å². The number of hydrogen-bond donors (Lipinski definition) is 1. The van der Waals surface area contributed by atoms with Gasteiger partial charge in [0, 0.05) is 12.7 Å². The third-order valence-electron chi connectivity index (χ3n) is 3.65. The van der Waals surface area contributed by atoms with E-state index in [0.29, 0.717) is 12.5 Å². The molecule has 0 spiro atoms. The number of carbonyl (C=O) groups excluding carboxylic acids is 1. The van der Waals surface area contributed by atoms with Crippen LogP contribution < -0.4 is 5.32 Å². The van der Waals surface area contributed by atoms with Crippen molar-refractivity contribution < 1.29 is 13.6 Å². The fourth-order valence-electron chi connectivity index (χ4n) is 2.55. The molecule has 5 heteroatoms. The molecular formula is C14H18F2N2O. The summed E-state index contributed by atoms with van der Waals surface area (Å²) in [5, 5.41) is 2.64. The van der Waals surface area contributed by atoms with Gasteiger partial charge in [0.1, 0.15) is 0 Å². The third-order valence-corrected chi connectivity index (χ3v) is 3.65. The first-order valence-corrected chi connectivity index (χ1v) is 6.76. The molecule has 1 heterocycles. The molecule has 1 aromatic rings. The van der Waals surface area contributed by atoms with E-state index < -0.39 is 17.7 Å². The lowest BCUT2D eigenvalue weighted by Gasteiger charge is -2.21. The van der Waals surface area contributed by atoms with Crippen LogP contribution >= 0.6 is 0 Å². The van der Waals surface area contributed by atoms with Crippen LogP contribution in [0.15, 0.2) is 12.3 Å². The predicted octanol–water partition coefficient (Wildman–Crippen LogP) is 3.06. The van der Waals surface area contributed by atoms with E-state index in [9.17, 15) is 13.6 Å². The molecule has 0 saturated heterocycles. The predicted molar refractivity (Wildman–Crippen MR) is 67.7 cm³/mol. The largest absolute Gasteiger partial charge is 0.352 e. The number of nitrogens with one attached hydrogen (secondary N) is 1. The first kappa shape index (κ1) is 13.9. The zero-order valence-electron chi connectivity index (χ0n) is 10.8. The second-order valence-corrected chi connectivity index (χ2v) is 5.01. The van der Waals surface area contributed by atoms with Crippen LogP contribution in [0.4, 0.5) is 8.78 Å². The van der Waals surface area contributed by atoms with Gasteiger partial charge in [-0.05, 0) is 18.4 Å². The Morgan fingerprint density at radius 1 is 1.32 bits per heavy atom. The SMILES string of the molecule is O=C(NCCC1CCCCC1)c1ccnc(F)c1F. The molecule has 0 radical (unpaired) electrons. The van der Waals surface area contributed by atoms with Crippen LogP contribution in [0.1, 0.15) is 48.9 Å². The molecule has 104 valence electrons. The first-order valence-electron chi connectivity index (χ1n) is 6.76. The van der Waals surface area contributed by atoms with Gasteiger partial charge < -0.3 is 5.32 Å². The van der Waals surface area contributed by atoms with E-state index in [2.05, 4.69) is 10.3 Å². The molecule has 1 N–H and O–H groups in total. The monoisotopic (exact) mass is 268 g/mol. The lowest BCUT2D eigenvalue weighted by Crippen LogP contribution is -2.27. The number of pyridine rings is 1. The van der Waals surface area contributed by atoms with Crippen molar-refractivity contribution in [3.05, 3.63) is 29.6 Å².